The summed E-state index contributed by atoms with van der Waals surface area (Å²) in [6.07, 6.45) is 0.707. The van der Waals surface area contributed by atoms with Crippen LogP contribution >= 0.6 is 0 Å². The molecule has 0 spiro atoms. The summed E-state index contributed by atoms with van der Waals surface area (Å²) in [5, 5.41) is 17.0. The van der Waals surface area contributed by atoms with Gasteiger partial charge >= 0.3 is 6.09 Å². The Bertz CT molecular complexity index is 919. The van der Waals surface area contributed by atoms with Crippen LogP contribution in [0.2, 0.25) is 0 Å². The summed E-state index contributed by atoms with van der Waals surface area (Å²) in [6.45, 7) is 1.05. The van der Waals surface area contributed by atoms with E-state index in [0.717, 1.165) is 22.9 Å². The van der Waals surface area contributed by atoms with Crippen LogP contribution < -0.4 is 5.32 Å². The van der Waals surface area contributed by atoms with E-state index in [4.69, 9.17) is 5.11 Å². The van der Waals surface area contributed by atoms with E-state index >= 15 is 0 Å². The smallest absolute Gasteiger partial charge is 0.407 e. The first-order valence-corrected chi connectivity index (χ1v) is 8.72. The van der Waals surface area contributed by atoms with Crippen molar-refractivity contribution in [1.29, 1.82) is 0 Å². The van der Waals surface area contributed by atoms with Gasteiger partial charge in [0.05, 0.1) is 17.1 Å². The minimum Gasteiger partial charge on any atom is -0.465 e. The van der Waals surface area contributed by atoms with E-state index in [2.05, 4.69) is 10.4 Å². The average Bonchev–Trinajstić information content (AvgIpc) is 3.21. The Morgan fingerprint density at radius 3 is 2.81 bits per heavy atom. The monoisotopic (exact) mass is 356 g/mol. The van der Waals surface area contributed by atoms with Crippen molar-refractivity contribution >= 4 is 28.8 Å². The second kappa shape index (κ2) is 6.12. The highest BCUT2D eigenvalue weighted by molar-refractivity contribution is 6.02. The molecule has 1 aromatic heterocycles. The molecule has 0 saturated carbocycles. The van der Waals surface area contributed by atoms with Crippen molar-refractivity contribution in [2.75, 3.05) is 13.1 Å². The molecular formula is C18H20N4O4. The molecule has 3 amide bonds. The molecule has 8 nitrogen and oxygen atoms in total. The molecule has 0 radical (unpaired) electrons. The summed E-state index contributed by atoms with van der Waals surface area (Å²) in [5.74, 6) is -0.781. The molecule has 3 heterocycles. The van der Waals surface area contributed by atoms with Crippen molar-refractivity contribution in [3.05, 3.63) is 29.5 Å². The Morgan fingerprint density at radius 1 is 1.31 bits per heavy atom. The van der Waals surface area contributed by atoms with E-state index in [1.165, 1.54) is 4.90 Å². The number of aryl methyl sites for hydroxylation is 1. The molecule has 2 aromatic rings. The van der Waals surface area contributed by atoms with Crippen LogP contribution in [0.4, 0.5) is 4.79 Å². The number of carboxylic acid groups (broad SMARTS) is 1. The van der Waals surface area contributed by atoms with Gasteiger partial charge in [0.25, 0.3) is 0 Å². The fourth-order valence-corrected chi connectivity index (χ4v) is 3.97. The Kier molecular flexibility index (Phi) is 3.90. The SMILES string of the molecule is Cn1nc(C2CCC(=O)NC2=O)c2ccc([C@@H]3CCN(C(=O)O)C3)cc21. The highest BCUT2D eigenvalue weighted by Gasteiger charge is 2.32. The highest BCUT2D eigenvalue weighted by atomic mass is 16.4. The van der Waals surface area contributed by atoms with Crippen LogP contribution in [0.3, 0.4) is 0 Å². The van der Waals surface area contributed by atoms with E-state index < -0.39 is 12.0 Å². The minimum atomic E-state index is -0.880. The van der Waals surface area contributed by atoms with Gasteiger partial charge in [0.15, 0.2) is 0 Å². The van der Waals surface area contributed by atoms with Gasteiger partial charge in [-0.15, -0.1) is 0 Å². The van der Waals surface area contributed by atoms with Gasteiger partial charge < -0.3 is 10.0 Å². The van der Waals surface area contributed by atoms with Crippen molar-refractivity contribution in [3.8, 4) is 0 Å². The van der Waals surface area contributed by atoms with Crippen LogP contribution in [0.5, 0.6) is 0 Å². The topological polar surface area (TPSA) is 105 Å². The summed E-state index contributed by atoms with van der Waals surface area (Å²) < 4.78 is 1.75. The summed E-state index contributed by atoms with van der Waals surface area (Å²) in [7, 11) is 1.83. The number of nitrogens with one attached hydrogen (secondary N) is 1. The fraction of sp³-hybridized carbons (Fsp3) is 0.444. The number of benzene rings is 1. The number of aromatic nitrogens is 2. The largest absolute Gasteiger partial charge is 0.465 e. The Hall–Kier alpha value is -2.90. The maximum atomic E-state index is 12.2. The second-order valence-electron chi connectivity index (χ2n) is 7.00. The number of carbonyl (C=O) groups is 3. The Balaban J connectivity index is 1.66. The van der Waals surface area contributed by atoms with Crippen LogP contribution in [0.25, 0.3) is 10.9 Å². The van der Waals surface area contributed by atoms with Crippen molar-refractivity contribution in [1.82, 2.24) is 20.0 Å². The number of fused-ring (bicyclic) bond motifs is 1. The van der Waals surface area contributed by atoms with E-state index in [-0.39, 0.29) is 17.7 Å². The van der Waals surface area contributed by atoms with Crippen LogP contribution in [-0.4, -0.2) is 50.8 Å². The number of rotatable bonds is 2. The van der Waals surface area contributed by atoms with Crippen molar-refractivity contribution < 1.29 is 19.5 Å². The molecule has 2 N–H and O–H groups in total. The summed E-state index contributed by atoms with van der Waals surface area (Å²) in [6, 6.07) is 5.99. The highest BCUT2D eigenvalue weighted by Crippen LogP contribution is 2.34. The van der Waals surface area contributed by atoms with Gasteiger partial charge in [0.2, 0.25) is 11.8 Å². The number of nitrogens with zero attached hydrogens (tertiary/aromatic N) is 3. The third-order valence-electron chi connectivity index (χ3n) is 5.40. The van der Waals surface area contributed by atoms with Crippen molar-refractivity contribution in [3.63, 3.8) is 0 Å². The van der Waals surface area contributed by atoms with Crippen LogP contribution in [0, 0.1) is 0 Å². The average molecular weight is 356 g/mol. The molecule has 0 bridgehead atoms. The predicted octanol–water partition coefficient (Wildman–Crippen LogP) is 1.56. The number of piperidine rings is 1. The number of carbonyl (C=O) groups excluding carboxylic acids is 2. The lowest BCUT2D eigenvalue weighted by atomic mass is 9.91. The summed E-state index contributed by atoms with van der Waals surface area (Å²) in [5.41, 5.74) is 2.69. The van der Waals surface area contributed by atoms with Crippen LogP contribution in [-0.2, 0) is 16.6 Å². The summed E-state index contributed by atoms with van der Waals surface area (Å²) >= 11 is 0. The summed E-state index contributed by atoms with van der Waals surface area (Å²) in [4.78, 5) is 36.1. The molecule has 2 aliphatic rings. The first kappa shape index (κ1) is 16.6. The minimum absolute atomic E-state index is 0.171. The van der Waals surface area contributed by atoms with Gasteiger partial charge in [-0.3, -0.25) is 19.6 Å². The van der Waals surface area contributed by atoms with Gasteiger partial charge in [-0.05, 0) is 24.5 Å². The van der Waals surface area contributed by atoms with Crippen molar-refractivity contribution in [2.24, 2.45) is 7.05 Å². The quantitative estimate of drug-likeness (QED) is 0.795. The maximum absolute atomic E-state index is 12.2. The molecule has 2 atom stereocenters. The van der Waals surface area contributed by atoms with Gasteiger partial charge in [0.1, 0.15) is 0 Å². The normalized spacial score (nSPS) is 23.5. The number of imide groups is 1. The molecule has 136 valence electrons. The molecular weight excluding hydrogens is 336 g/mol. The van der Waals surface area contributed by atoms with E-state index in [1.807, 2.05) is 25.2 Å². The lowest BCUT2D eigenvalue weighted by molar-refractivity contribution is -0.134. The molecule has 2 saturated heterocycles. The third kappa shape index (κ3) is 2.71. The molecule has 8 heteroatoms. The van der Waals surface area contributed by atoms with E-state index in [0.29, 0.717) is 31.6 Å². The molecule has 2 aliphatic heterocycles. The number of hydrogen-bond donors (Lipinski definition) is 2. The molecule has 4 rings (SSSR count). The Morgan fingerprint density at radius 2 is 2.12 bits per heavy atom. The standard InChI is InChI=1S/C18H20N4O4/c1-21-14-8-10(11-6-7-22(9-11)18(25)26)2-3-12(14)16(20-21)13-4-5-15(23)19-17(13)24/h2-3,8,11,13H,4-7,9H2,1H3,(H,25,26)(H,19,23,24)/t11-,13?/m1/s1. The number of likely N-dealkylation sites (tertiary alicyclic amines) is 1. The number of hydrogen-bond acceptors (Lipinski definition) is 4. The van der Waals surface area contributed by atoms with Crippen LogP contribution in [0.1, 0.15) is 42.4 Å². The molecule has 0 aliphatic carbocycles. The molecule has 1 unspecified atom stereocenters. The van der Waals surface area contributed by atoms with Crippen LogP contribution in [0.15, 0.2) is 18.2 Å². The molecule has 1 aromatic carbocycles. The zero-order valence-corrected chi connectivity index (χ0v) is 14.4. The lowest BCUT2D eigenvalue weighted by Gasteiger charge is -2.19. The van der Waals surface area contributed by atoms with Gasteiger partial charge in [0, 0.05) is 37.9 Å². The fourth-order valence-electron chi connectivity index (χ4n) is 3.97. The van der Waals surface area contributed by atoms with Gasteiger partial charge in [-0.2, -0.15) is 5.10 Å². The maximum Gasteiger partial charge on any atom is 0.407 e. The zero-order valence-electron chi connectivity index (χ0n) is 14.4. The van der Waals surface area contributed by atoms with E-state index in [1.54, 1.807) is 4.68 Å². The number of amides is 3. The predicted molar refractivity (Wildman–Crippen MR) is 92.8 cm³/mol. The second-order valence-corrected chi connectivity index (χ2v) is 7.00. The van der Waals surface area contributed by atoms with Crippen molar-refractivity contribution in [2.45, 2.75) is 31.1 Å². The first-order valence-electron chi connectivity index (χ1n) is 8.72. The van der Waals surface area contributed by atoms with Gasteiger partial charge in [-0.25, -0.2) is 4.79 Å². The van der Waals surface area contributed by atoms with Gasteiger partial charge in [-0.1, -0.05) is 12.1 Å². The Labute approximate surface area is 149 Å². The molecule has 26 heavy (non-hydrogen) atoms. The molecule has 2 fully saturated rings. The lowest BCUT2D eigenvalue weighted by Crippen LogP contribution is -2.39. The third-order valence-corrected chi connectivity index (χ3v) is 5.40. The zero-order chi connectivity index (χ0) is 18.4. The first-order chi connectivity index (χ1) is 12.4. The van der Waals surface area contributed by atoms with E-state index in [9.17, 15) is 14.4 Å².